The average molecular weight is 471 g/mol. The lowest BCUT2D eigenvalue weighted by Crippen LogP contribution is -2.54. The first-order chi connectivity index (χ1) is 16.2. The fraction of sp³-hybridized carbons (Fsp3) is 0.714. The molecule has 0 aromatic heterocycles. The van der Waals surface area contributed by atoms with E-state index in [1.54, 1.807) is 13.8 Å². The van der Waals surface area contributed by atoms with Crippen molar-refractivity contribution in [2.45, 2.75) is 103 Å². The second-order valence-electron chi connectivity index (χ2n) is 11.1. The van der Waals surface area contributed by atoms with Crippen LogP contribution in [0.2, 0.25) is 0 Å². The van der Waals surface area contributed by atoms with Crippen molar-refractivity contribution in [2.24, 2.45) is 5.92 Å². The zero-order valence-corrected chi connectivity index (χ0v) is 21.4. The van der Waals surface area contributed by atoms with Gasteiger partial charge in [0.1, 0.15) is 0 Å². The zero-order chi connectivity index (χ0) is 24.3. The number of carbonyl (C=O) groups excluding carboxylic acids is 2. The van der Waals surface area contributed by atoms with E-state index in [1.807, 2.05) is 4.90 Å². The third-order valence-electron chi connectivity index (χ3n) is 7.76. The maximum Gasteiger partial charge on any atom is 0.337 e. The Bertz CT molecular complexity index is 846. The van der Waals surface area contributed by atoms with Gasteiger partial charge in [0.15, 0.2) is 6.10 Å². The molecular formula is C28H42N2O4. The largest absolute Gasteiger partial charge is 0.432 e. The number of hydrogen-bond acceptors (Lipinski definition) is 5. The second-order valence-corrected chi connectivity index (χ2v) is 11.1. The van der Waals surface area contributed by atoms with Gasteiger partial charge in [0, 0.05) is 51.6 Å². The molecule has 6 nitrogen and oxygen atoms in total. The summed E-state index contributed by atoms with van der Waals surface area (Å²) in [5, 5.41) is 0. The number of ether oxygens (including phenoxy) is 2. The summed E-state index contributed by atoms with van der Waals surface area (Å²) < 4.78 is 10.9. The van der Waals surface area contributed by atoms with Gasteiger partial charge in [0.25, 0.3) is 0 Å². The molecule has 0 radical (unpaired) electrons. The lowest BCUT2D eigenvalue weighted by atomic mass is 9.84. The van der Waals surface area contributed by atoms with Gasteiger partial charge in [0.05, 0.1) is 0 Å². The Morgan fingerprint density at radius 2 is 1.82 bits per heavy atom. The Balaban J connectivity index is 1.23. The Morgan fingerprint density at radius 3 is 2.44 bits per heavy atom. The van der Waals surface area contributed by atoms with E-state index in [4.69, 9.17) is 9.47 Å². The first-order valence-corrected chi connectivity index (χ1v) is 13.3. The molecule has 3 atom stereocenters. The fourth-order valence-electron chi connectivity index (χ4n) is 5.81. The van der Waals surface area contributed by atoms with Gasteiger partial charge >= 0.3 is 5.97 Å². The number of benzene rings is 1. The van der Waals surface area contributed by atoms with E-state index in [0.717, 1.165) is 32.0 Å². The topological polar surface area (TPSA) is 59.1 Å². The van der Waals surface area contributed by atoms with Crippen LogP contribution in [0.1, 0.15) is 90.5 Å². The van der Waals surface area contributed by atoms with E-state index in [0.29, 0.717) is 12.8 Å². The highest BCUT2D eigenvalue weighted by atomic mass is 16.8. The number of piperazine rings is 1. The van der Waals surface area contributed by atoms with Crippen LogP contribution in [0.25, 0.3) is 0 Å². The number of esters is 1. The summed E-state index contributed by atoms with van der Waals surface area (Å²) in [6, 6.07) is 9.36. The molecule has 34 heavy (non-hydrogen) atoms. The van der Waals surface area contributed by atoms with Crippen molar-refractivity contribution in [2.75, 3.05) is 24.5 Å². The second kappa shape index (κ2) is 10.7. The molecular weight excluding hydrogens is 428 g/mol. The van der Waals surface area contributed by atoms with Gasteiger partial charge in [0.2, 0.25) is 11.7 Å². The molecule has 2 heterocycles. The molecule has 1 unspecified atom stereocenters. The number of cyclic esters (lactones) is 1. The van der Waals surface area contributed by atoms with Crippen LogP contribution < -0.4 is 4.90 Å². The van der Waals surface area contributed by atoms with Crippen molar-refractivity contribution >= 4 is 17.6 Å². The Hall–Kier alpha value is -2.08. The minimum atomic E-state index is -0.841. The zero-order valence-electron chi connectivity index (χ0n) is 21.4. The number of rotatable bonds is 7. The molecule has 1 aromatic carbocycles. The number of anilines is 1. The Kier molecular flexibility index (Phi) is 7.86. The van der Waals surface area contributed by atoms with Crippen LogP contribution in [0, 0.1) is 5.92 Å². The molecule has 2 aliphatic heterocycles. The first-order valence-electron chi connectivity index (χ1n) is 13.3. The van der Waals surface area contributed by atoms with Crippen LogP contribution in [-0.2, 0) is 19.1 Å². The number of amides is 1. The summed E-state index contributed by atoms with van der Waals surface area (Å²) in [5.74, 6) is 0.00912. The quantitative estimate of drug-likeness (QED) is 0.509. The molecule has 4 rings (SSSR count). The molecule has 2 saturated heterocycles. The predicted octanol–water partition coefficient (Wildman–Crippen LogP) is 5.26. The third kappa shape index (κ3) is 6.12. The van der Waals surface area contributed by atoms with Crippen molar-refractivity contribution in [3.8, 4) is 0 Å². The van der Waals surface area contributed by atoms with Crippen LogP contribution in [0.15, 0.2) is 24.3 Å². The molecule has 0 N–H and O–H groups in total. The number of carbonyl (C=O) groups is 2. The van der Waals surface area contributed by atoms with E-state index < -0.39 is 11.9 Å². The number of hydrogen-bond donors (Lipinski definition) is 0. The molecule has 1 aromatic rings. The lowest BCUT2D eigenvalue weighted by molar-refractivity contribution is -0.161. The lowest BCUT2D eigenvalue weighted by Gasteiger charge is -2.41. The Morgan fingerprint density at radius 1 is 1.12 bits per heavy atom. The minimum Gasteiger partial charge on any atom is -0.432 e. The molecule has 0 bridgehead atoms. The van der Waals surface area contributed by atoms with Gasteiger partial charge in [-0.25, -0.2) is 4.79 Å². The van der Waals surface area contributed by atoms with Crippen LogP contribution >= 0.6 is 0 Å². The van der Waals surface area contributed by atoms with Gasteiger partial charge in [-0.3, -0.25) is 4.79 Å². The predicted molar refractivity (Wildman–Crippen MR) is 134 cm³/mol. The monoisotopic (exact) mass is 470 g/mol. The van der Waals surface area contributed by atoms with E-state index in [2.05, 4.69) is 43.0 Å². The summed E-state index contributed by atoms with van der Waals surface area (Å²) in [7, 11) is 0. The van der Waals surface area contributed by atoms with Crippen LogP contribution in [0.4, 0.5) is 5.69 Å². The molecule has 188 valence electrons. The molecule has 1 amide bonds. The normalized spacial score (nSPS) is 26.4. The van der Waals surface area contributed by atoms with E-state index >= 15 is 0 Å². The highest BCUT2D eigenvalue weighted by Gasteiger charge is 2.40. The smallest absolute Gasteiger partial charge is 0.337 e. The van der Waals surface area contributed by atoms with E-state index in [1.165, 1.54) is 43.4 Å². The maximum absolute atomic E-state index is 13.0. The molecule has 3 fully saturated rings. The van der Waals surface area contributed by atoms with Crippen molar-refractivity contribution < 1.29 is 19.1 Å². The highest BCUT2D eigenvalue weighted by Crippen LogP contribution is 2.34. The Labute approximate surface area is 205 Å². The first kappa shape index (κ1) is 25.0. The van der Waals surface area contributed by atoms with Crippen molar-refractivity contribution in [3.63, 3.8) is 0 Å². The summed E-state index contributed by atoms with van der Waals surface area (Å²) in [6.07, 6.45) is 8.10. The maximum atomic E-state index is 13.0. The highest BCUT2D eigenvalue weighted by molar-refractivity contribution is 5.77. The fourth-order valence-corrected chi connectivity index (χ4v) is 5.81. The van der Waals surface area contributed by atoms with Crippen molar-refractivity contribution in [3.05, 3.63) is 29.8 Å². The molecule has 0 spiro atoms. The summed E-state index contributed by atoms with van der Waals surface area (Å²) in [4.78, 5) is 29.4. The van der Waals surface area contributed by atoms with Gasteiger partial charge in [-0.1, -0.05) is 38.3 Å². The number of nitrogens with zero attached hydrogens (tertiary/aromatic N) is 2. The SMILES string of the molecule is CC(CC[C@@H]1OC(C)(C)OC1=O)CC(=O)N1CCN(c2ccc(C3CCCCC3)cc2)C[C@H]1C. The molecule has 6 heteroatoms. The standard InChI is InChI=1S/C28H42N2O4/c1-20(10-15-25-27(32)34-28(3,4)33-25)18-26(31)30-17-16-29(19-21(30)2)24-13-11-23(12-14-24)22-8-6-5-7-9-22/h11-14,20-22,25H,5-10,15-19H2,1-4H3/t20?,21-,25+/m1/s1. The third-order valence-corrected chi connectivity index (χ3v) is 7.76. The minimum absolute atomic E-state index is 0.181. The van der Waals surface area contributed by atoms with Gasteiger partial charge < -0.3 is 19.3 Å². The van der Waals surface area contributed by atoms with Gasteiger partial charge in [-0.05, 0) is 62.1 Å². The van der Waals surface area contributed by atoms with Crippen molar-refractivity contribution in [1.29, 1.82) is 0 Å². The van der Waals surface area contributed by atoms with Gasteiger partial charge in [-0.15, -0.1) is 0 Å². The molecule has 3 aliphatic rings. The summed E-state index contributed by atoms with van der Waals surface area (Å²) in [6.45, 7) is 10.2. The van der Waals surface area contributed by atoms with Crippen LogP contribution in [0.5, 0.6) is 0 Å². The summed E-state index contributed by atoms with van der Waals surface area (Å²) in [5.41, 5.74) is 2.75. The van der Waals surface area contributed by atoms with Crippen LogP contribution in [-0.4, -0.2) is 54.3 Å². The van der Waals surface area contributed by atoms with Crippen molar-refractivity contribution in [1.82, 2.24) is 4.90 Å². The van der Waals surface area contributed by atoms with E-state index in [9.17, 15) is 9.59 Å². The van der Waals surface area contributed by atoms with E-state index in [-0.39, 0.29) is 23.8 Å². The summed E-state index contributed by atoms with van der Waals surface area (Å²) >= 11 is 0. The average Bonchev–Trinajstić information content (AvgIpc) is 3.09. The van der Waals surface area contributed by atoms with Crippen LogP contribution in [0.3, 0.4) is 0 Å². The molecule has 1 saturated carbocycles. The van der Waals surface area contributed by atoms with Gasteiger partial charge in [-0.2, -0.15) is 0 Å². The molecule has 1 aliphatic carbocycles.